The van der Waals surface area contributed by atoms with E-state index in [-0.39, 0.29) is 17.4 Å². The van der Waals surface area contributed by atoms with Crippen LogP contribution in [0.5, 0.6) is 5.75 Å². The molecule has 0 amide bonds. The minimum absolute atomic E-state index is 0.0149. The molecule has 4 rings (SSSR count). The Kier molecular flexibility index (Phi) is 6.13. The van der Waals surface area contributed by atoms with Gasteiger partial charge in [0.1, 0.15) is 23.5 Å². The van der Waals surface area contributed by atoms with Gasteiger partial charge in [-0.15, -0.1) is 0 Å². The fraction of sp³-hybridized carbons (Fsp3) is 0.455. The minimum Gasteiger partial charge on any atom is -0.507 e. The maximum absolute atomic E-state index is 14.4. The molecule has 0 atom stereocenters. The molecule has 2 aromatic rings. The van der Waals surface area contributed by atoms with Gasteiger partial charge in [0.2, 0.25) is 0 Å². The molecule has 3 N–H and O–H groups in total. The van der Waals surface area contributed by atoms with E-state index in [1.165, 1.54) is 12.1 Å². The SMILES string of the molecule is N#Cc1ccc(-c2nc(N3CCC(N)CC3)cc(O)c2CN2CCOCC2)cc1F. The van der Waals surface area contributed by atoms with Gasteiger partial charge >= 0.3 is 0 Å². The summed E-state index contributed by atoms with van der Waals surface area (Å²) in [4.78, 5) is 9.12. The smallest absolute Gasteiger partial charge is 0.141 e. The van der Waals surface area contributed by atoms with Gasteiger partial charge in [-0.2, -0.15) is 5.26 Å². The Bertz CT molecular complexity index is 947. The zero-order valence-corrected chi connectivity index (χ0v) is 16.9. The molecule has 7 nitrogen and oxygen atoms in total. The molecule has 2 aliphatic rings. The van der Waals surface area contributed by atoms with Crippen LogP contribution in [0.25, 0.3) is 11.3 Å². The molecule has 0 radical (unpaired) electrons. The molecular formula is C22H26FN5O2. The Balaban J connectivity index is 1.74. The van der Waals surface area contributed by atoms with Gasteiger partial charge in [0.05, 0.1) is 24.5 Å². The standard InChI is InChI=1S/C22H26FN5O2/c23-19-11-15(1-2-16(19)13-24)22-18(14-27-7-9-30-10-8-27)20(29)12-21(26-22)28-5-3-17(25)4-6-28/h1-2,11-12,17H,3-10,14,25H2,(H,26,29). The molecule has 3 heterocycles. The normalized spacial score (nSPS) is 18.4. The van der Waals surface area contributed by atoms with Gasteiger partial charge < -0.3 is 20.5 Å². The number of benzene rings is 1. The summed E-state index contributed by atoms with van der Waals surface area (Å²) in [6.07, 6.45) is 1.72. The van der Waals surface area contributed by atoms with Gasteiger partial charge in [0, 0.05) is 56.0 Å². The van der Waals surface area contributed by atoms with E-state index in [1.54, 1.807) is 12.1 Å². The molecule has 1 aromatic heterocycles. The zero-order chi connectivity index (χ0) is 21.1. The van der Waals surface area contributed by atoms with E-state index in [0.717, 1.165) is 39.0 Å². The van der Waals surface area contributed by atoms with Crippen LogP contribution in [0.3, 0.4) is 0 Å². The van der Waals surface area contributed by atoms with E-state index in [1.807, 2.05) is 6.07 Å². The average Bonchev–Trinajstić information content (AvgIpc) is 2.76. The third-order valence-corrected chi connectivity index (χ3v) is 5.80. The lowest BCUT2D eigenvalue weighted by Crippen LogP contribution is -2.40. The lowest BCUT2D eigenvalue weighted by Gasteiger charge is -2.32. The van der Waals surface area contributed by atoms with Crippen LogP contribution in [0, 0.1) is 17.1 Å². The second kappa shape index (κ2) is 8.96. The van der Waals surface area contributed by atoms with Gasteiger partial charge in [-0.25, -0.2) is 9.37 Å². The topological polar surface area (TPSA) is 98.6 Å². The first-order chi connectivity index (χ1) is 14.5. The number of aromatic nitrogens is 1. The Labute approximate surface area is 175 Å². The van der Waals surface area contributed by atoms with Gasteiger partial charge in [0.15, 0.2) is 0 Å². The Hall–Kier alpha value is -2.73. The maximum atomic E-state index is 14.4. The minimum atomic E-state index is -0.594. The molecule has 2 saturated heterocycles. The molecule has 8 heteroatoms. The number of halogens is 1. The fourth-order valence-electron chi connectivity index (χ4n) is 3.97. The number of rotatable bonds is 4. The monoisotopic (exact) mass is 411 g/mol. The number of morpholine rings is 1. The van der Waals surface area contributed by atoms with Crippen molar-refractivity contribution in [1.29, 1.82) is 5.26 Å². The van der Waals surface area contributed by atoms with Crippen LogP contribution in [0.15, 0.2) is 24.3 Å². The predicted molar refractivity (Wildman–Crippen MR) is 112 cm³/mol. The second-order valence-corrected chi connectivity index (χ2v) is 7.85. The quantitative estimate of drug-likeness (QED) is 0.796. The fourth-order valence-corrected chi connectivity index (χ4v) is 3.97. The predicted octanol–water partition coefficient (Wildman–Crippen LogP) is 2.22. The molecule has 0 saturated carbocycles. The number of aromatic hydroxyl groups is 1. The third kappa shape index (κ3) is 4.38. The summed E-state index contributed by atoms with van der Waals surface area (Å²) in [5, 5.41) is 20.0. The largest absolute Gasteiger partial charge is 0.507 e. The molecule has 0 aliphatic carbocycles. The molecule has 158 valence electrons. The Morgan fingerprint density at radius 2 is 1.93 bits per heavy atom. The van der Waals surface area contributed by atoms with Crippen molar-refractivity contribution in [2.24, 2.45) is 5.73 Å². The molecule has 0 unspecified atom stereocenters. The summed E-state index contributed by atoms with van der Waals surface area (Å²) < 4.78 is 19.8. The Morgan fingerprint density at radius 1 is 1.20 bits per heavy atom. The van der Waals surface area contributed by atoms with Crippen molar-refractivity contribution < 1.29 is 14.2 Å². The lowest BCUT2D eigenvalue weighted by molar-refractivity contribution is 0.0339. The first-order valence-corrected chi connectivity index (χ1v) is 10.3. The summed E-state index contributed by atoms with van der Waals surface area (Å²) >= 11 is 0. The Morgan fingerprint density at radius 3 is 2.60 bits per heavy atom. The number of nitrogens with zero attached hydrogens (tertiary/aromatic N) is 4. The number of hydrogen-bond donors (Lipinski definition) is 2. The summed E-state index contributed by atoms with van der Waals surface area (Å²) in [6, 6.07) is 8.17. The van der Waals surface area contributed by atoms with E-state index in [2.05, 4.69) is 9.80 Å². The first kappa shape index (κ1) is 20.5. The molecule has 0 spiro atoms. The van der Waals surface area contributed by atoms with Crippen LogP contribution in [0.2, 0.25) is 0 Å². The molecule has 2 fully saturated rings. The van der Waals surface area contributed by atoms with Crippen LogP contribution in [-0.4, -0.2) is 60.4 Å². The molecule has 1 aromatic carbocycles. The summed E-state index contributed by atoms with van der Waals surface area (Å²) in [5.74, 6) is 0.203. The number of piperidine rings is 1. The number of nitrogens with two attached hydrogens (primary N) is 1. The molecular weight excluding hydrogens is 385 g/mol. The average molecular weight is 411 g/mol. The van der Waals surface area contributed by atoms with E-state index in [0.29, 0.717) is 42.4 Å². The summed E-state index contributed by atoms with van der Waals surface area (Å²) in [6.45, 7) is 4.81. The third-order valence-electron chi connectivity index (χ3n) is 5.80. The van der Waals surface area contributed by atoms with Crippen LogP contribution >= 0.6 is 0 Å². The second-order valence-electron chi connectivity index (χ2n) is 7.85. The number of pyridine rings is 1. The highest BCUT2D eigenvalue weighted by molar-refractivity contribution is 5.70. The number of anilines is 1. The van der Waals surface area contributed by atoms with Gasteiger partial charge in [-0.1, -0.05) is 6.07 Å². The van der Waals surface area contributed by atoms with Crippen molar-refractivity contribution in [3.8, 4) is 23.1 Å². The van der Waals surface area contributed by atoms with Crippen molar-refractivity contribution >= 4 is 5.82 Å². The summed E-state index contributed by atoms with van der Waals surface area (Å²) in [5.41, 5.74) is 7.73. The van der Waals surface area contributed by atoms with E-state index >= 15 is 0 Å². The van der Waals surface area contributed by atoms with Crippen LogP contribution < -0.4 is 10.6 Å². The van der Waals surface area contributed by atoms with Crippen molar-refractivity contribution in [1.82, 2.24) is 9.88 Å². The number of hydrogen-bond acceptors (Lipinski definition) is 7. The number of ether oxygens (including phenoxy) is 1. The highest BCUT2D eigenvalue weighted by Gasteiger charge is 2.23. The highest BCUT2D eigenvalue weighted by Crippen LogP contribution is 2.34. The van der Waals surface area contributed by atoms with Crippen molar-refractivity contribution in [3.05, 3.63) is 41.2 Å². The van der Waals surface area contributed by atoms with E-state index in [4.69, 9.17) is 20.7 Å². The lowest BCUT2D eigenvalue weighted by atomic mass is 10.0. The van der Waals surface area contributed by atoms with Crippen molar-refractivity contribution in [3.63, 3.8) is 0 Å². The van der Waals surface area contributed by atoms with Crippen LogP contribution in [0.4, 0.5) is 10.2 Å². The van der Waals surface area contributed by atoms with E-state index < -0.39 is 5.82 Å². The number of nitriles is 1. The molecule has 0 bridgehead atoms. The zero-order valence-electron chi connectivity index (χ0n) is 16.9. The molecule has 2 aliphatic heterocycles. The maximum Gasteiger partial charge on any atom is 0.141 e. The van der Waals surface area contributed by atoms with Crippen LogP contribution in [-0.2, 0) is 11.3 Å². The first-order valence-electron chi connectivity index (χ1n) is 10.3. The van der Waals surface area contributed by atoms with Gasteiger partial charge in [-0.05, 0) is 25.0 Å². The van der Waals surface area contributed by atoms with Crippen molar-refractivity contribution in [2.75, 3.05) is 44.3 Å². The highest BCUT2D eigenvalue weighted by atomic mass is 19.1. The van der Waals surface area contributed by atoms with Crippen molar-refractivity contribution in [2.45, 2.75) is 25.4 Å². The van der Waals surface area contributed by atoms with Gasteiger partial charge in [-0.3, -0.25) is 4.90 Å². The molecule has 30 heavy (non-hydrogen) atoms. The van der Waals surface area contributed by atoms with E-state index in [9.17, 15) is 9.50 Å². The van der Waals surface area contributed by atoms with Crippen LogP contribution in [0.1, 0.15) is 24.0 Å². The van der Waals surface area contributed by atoms with Gasteiger partial charge in [0.25, 0.3) is 0 Å². The summed E-state index contributed by atoms with van der Waals surface area (Å²) in [7, 11) is 0.